The van der Waals surface area contributed by atoms with Gasteiger partial charge in [0.05, 0.1) is 6.20 Å². The third-order valence-corrected chi connectivity index (χ3v) is 1.87. The molecule has 2 N–H and O–H groups in total. The minimum absolute atomic E-state index is 0.0662. The van der Waals surface area contributed by atoms with Crippen LogP contribution in [0.25, 0.3) is 0 Å². The molecule has 0 atom stereocenters. The molecule has 1 aromatic rings. The number of unbranched alkanes of at least 4 members (excludes halogenated alkanes) is 1. The Balaban J connectivity index is 2.45. The van der Waals surface area contributed by atoms with E-state index in [1.54, 1.807) is 6.20 Å². The van der Waals surface area contributed by atoms with Gasteiger partial charge in [0.2, 0.25) is 0 Å². The molecule has 13 heavy (non-hydrogen) atoms. The lowest BCUT2D eigenvalue weighted by atomic mass is 10.2. The number of nitrogens with one attached hydrogen (secondary N) is 2. The van der Waals surface area contributed by atoms with Gasteiger partial charge in [0.1, 0.15) is 5.69 Å². The molecule has 0 saturated heterocycles. The summed E-state index contributed by atoms with van der Waals surface area (Å²) < 4.78 is 0. The Morgan fingerprint density at radius 3 is 3.00 bits per heavy atom. The van der Waals surface area contributed by atoms with Crippen molar-refractivity contribution in [1.29, 1.82) is 0 Å². The van der Waals surface area contributed by atoms with Crippen molar-refractivity contribution in [3.05, 3.63) is 17.5 Å². The Hall–Kier alpha value is -1.32. The molecule has 1 rings (SSSR count). The molecule has 72 valence electrons. The second-order valence-corrected chi connectivity index (χ2v) is 3.04. The zero-order valence-electron chi connectivity index (χ0n) is 8.05. The fourth-order valence-corrected chi connectivity index (χ4v) is 1.04. The summed E-state index contributed by atoms with van der Waals surface area (Å²) in [4.78, 5) is 11.4. The molecule has 0 aliphatic carbocycles. The third-order valence-electron chi connectivity index (χ3n) is 1.87. The van der Waals surface area contributed by atoms with Crippen LogP contribution in [0.4, 0.5) is 0 Å². The summed E-state index contributed by atoms with van der Waals surface area (Å²) in [7, 11) is 0. The Kier molecular flexibility index (Phi) is 3.49. The van der Waals surface area contributed by atoms with Crippen molar-refractivity contribution in [1.82, 2.24) is 15.5 Å². The monoisotopic (exact) mass is 181 g/mol. The van der Waals surface area contributed by atoms with Crippen molar-refractivity contribution in [3.63, 3.8) is 0 Å². The molecular formula is C9H15N3O. The van der Waals surface area contributed by atoms with E-state index < -0.39 is 0 Å². The van der Waals surface area contributed by atoms with Gasteiger partial charge in [0.25, 0.3) is 5.91 Å². The fraction of sp³-hybridized carbons (Fsp3) is 0.556. The lowest BCUT2D eigenvalue weighted by molar-refractivity contribution is 0.0947. The molecule has 0 bridgehead atoms. The number of carbonyl (C=O) groups is 1. The van der Waals surface area contributed by atoms with E-state index in [1.165, 1.54) is 0 Å². The average Bonchev–Trinajstić information content (AvgIpc) is 2.52. The number of H-pyrrole nitrogens is 1. The van der Waals surface area contributed by atoms with Crippen LogP contribution in [0.1, 0.15) is 35.8 Å². The first-order chi connectivity index (χ1) is 6.25. The molecule has 0 fully saturated rings. The van der Waals surface area contributed by atoms with Crippen molar-refractivity contribution in [2.75, 3.05) is 6.54 Å². The molecule has 0 aliphatic heterocycles. The van der Waals surface area contributed by atoms with Crippen LogP contribution in [0.2, 0.25) is 0 Å². The van der Waals surface area contributed by atoms with E-state index in [9.17, 15) is 4.79 Å². The van der Waals surface area contributed by atoms with E-state index in [0.717, 1.165) is 24.9 Å². The van der Waals surface area contributed by atoms with Gasteiger partial charge in [-0.05, 0) is 18.9 Å². The van der Waals surface area contributed by atoms with Crippen LogP contribution in [0, 0.1) is 6.92 Å². The lowest BCUT2D eigenvalue weighted by Crippen LogP contribution is -2.25. The van der Waals surface area contributed by atoms with Crippen molar-refractivity contribution in [2.24, 2.45) is 0 Å². The number of amides is 1. The normalized spacial score (nSPS) is 10.0. The van der Waals surface area contributed by atoms with Crippen LogP contribution in [0.5, 0.6) is 0 Å². The smallest absolute Gasteiger partial charge is 0.269 e. The summed E-state index contributed by atoms with van der Waals surface area (Å²) in [6.07, 6.45) is 3.75. The number of aryl methyl sites for hydroxylation is 1. The SMILES string of the molecule is CCCCNC(=O)c1[nH]ncc1C. The van der Waals surface area contributed by atoms with Crippen LogP contribution >= 0.6 is 0 Å². The highest BCUT2D eigenvalue weighted by molar-refractivity contribution is 5.93. The topological polar surface area (TPSA) is 57.8 Å². The highest BCUT2D eigenvalue weighted by Gasteiger charge is 2.08. The van der Waals surface area contributed by atoms with Crippen LogP contribution in [-0.2, 0) is 0 Å². The maximum absolute atomic E-state index is 11.4. The van der Waals surface area contributed by atoms with E-state index in [-0.39, 0.29) is 5.91 Å². The van der Waals surface area contributed by atoms with Gasteiger partial charge < -0.3 is 5.32 Å². The molecule has 0 unspecified atom stereocenters. The number of hydrogen-bond acceptors (Lipinski definition) is 2. The van der Waals surface area contributed by atoms with Crippen LogP contribution in [0.3, 0.4) is 0 Å². The van der Waals surface area contributed by atoms with Crippen LogP contribution in [0.15, 0.2) is 6.20 Å². The summed E-state index contributed by atoms with van der Waals surface area (Å²) in [5.74, 6) is -0.0662. The molecule has 1 aromatic heterocycles. The molecule has 0 aliphatic rings. The summed E-state index contributed by atoms with van der Waals surface area (Å²) in [5, 5.41) is 9.27. The predicted molar refractivity (Wildman–Crippen MR) is 50.6 cm³/mol. The van der Waals surface area contributed by atoms with Gasteiger partial charge in [0, 0.05) is 6.54 Å². The molecule has 0 aromatic carbocycles. The Morgan fingerprint density at radius 1 is 1.69 bits per heavy atom. The molecule has 4 heteroatoms. The van der Waals surface area contributed by atoms with E-state index in [0.29, 0.717) is 5.69 Å². The standard InChI is InChI=1S/C9H15N3O/c1-3-4-5-10-9(13)8-7(2)6-11-12-8/h6H,3-5H2,1-2H3,(H,10,13)(H,11,12). The number of aromatic amines is 1. The zero-order valence-corrected chi connectivity index (χ0v) is 8.05. The van der Waals surface area contributed by atoms with Gasteiger partial charge in [0.15, 0.2) is 0 Å². The van der Waals surface area contributed by atoms with Crippen LogP contribution in [-0.4, -0.2) is 22.6 Å². The van der Waals surface area contributed by atoms with Crippen molar-refractivity contribution < 1.29 is 4.79 Å². The highest BCUT2D eigenvalue weighted by Crippen LogP contribution is 2.01. The fourth-order valence-electron chi connectivity index (χ4n) is 1.04. The van der Waals surface area contributed by atoms with E-state index >= 15 is 0 Å². The Bertz CT molecular complexity index is 280. The number of hydrogen-bond donors (Lipinski definition) is 2. The van der Waals surface area contributed by atoms with Crippen molar-refractivity contribution in [3.8, 4) is 0 Å². The zero-order chi connectivity index (χ0) is 9.68. The first-order valence-corrected chi connectivity index (χ1v) is 4.54. The van der Waals surface area contributed by atoms with Gasteiger partial charge in [-0.15, -0.1) is 0 Å². The summed E-state index contributed by atoms with van der Waals surface area (Å²) >= 11 is 0. The molecule has 0 radical (unpaired) electrons. The molecule has 0 spiro atoms. The van der Waals surface area contributed by atoms with Gasteiger partial charge in [-0.1, -0.05) is 13.3 Å². The Labute approximate surface area is 77.7 Å². The molecular weight excluding hydrogens is 166 g/mol. The number of aromatic nitrogens is 2. The minimum Gasteiger partial charge on any atom is -0.351 e. The summed E-state index contributed by atoms with van der Waals surface area (Å²) in [6, 6.07) is 0. The molecule has 4 nitrogen and oxygen atoms in total. The van der Waals surface area contributed by atoms with Gasteiger partial charge >= 0.3 is 0 Å². The Morgan fingerprint density at radius 2 is 2.46 bits per heavy atom. The first-order valence-electron chi connectivity index (χ1n) is 4.54. The quantitative estimate of drug-likeness (QED) is 0.687. The number of rotatable bonds is 4. The third kappa shape index (κ3) is 2.57. The summed E-state index contributed by atoms with van der Waals surface area (Å²) in [5.41, 5.74) is 1.45. The predicted octanol–water partition coefficient (Wildman–Crippen LogP) is 1.25. The first kappa shape index (κ1) is 9.77. The van der Waals surface area contributed by atoms with E-state index in [2.05, 4.69) is 22.4 Å². The van der Waals surface area contributed by atoms with Crippen molar-refractivity contribution >= 4 is 5.91 Å². The largest absolute Gasteiger partial charge is 0.351 e. The molecule has 1 amide bonds. The van der Waals surface area contributed by atoms with E-state index in [1.807, 2.05) is 6.92 Å². The maximum atomic E-state index is 11.4. The van der Waals surface area contributed by atoms with Gasteiger partial charge in [-0.2, -0.15) is 5.10 Å². The maximum Gasteiger partial charge on any atom is 0.269 e. The van der Waals surface area contributed by atoms with Crippen LogP contribution < -0.4 is 5.32 Å². The van der Waals surface area contributed by atoms with Crippen molar-refractivity contribution in [2.45, 2.75) is 26.7 Å². The highest BCUT2D eigenvalue weighted by atomic mass is 16.1. The second kappa shape index (κ2) is 4.64. The van der Waals surface area contributed by atoms with E-state index in [4.69, 9.17) is 0 Å². The summed E-state index contributed by atoms with van der Waals surface area (Å²) in [6.45, 7) is 4.68. The lowest BCUT2D eigenvalue weighted by Gasteiger charge is -2.02. The molecule has 1 heterocycles. The minimum atomic E-state index is -0.0662. The second-order valence-electron chi connectivity index (χ2n) is 3.04. The number of carbonyl (C=O) groups excluding carboxylic acids is 1. The van der Waals surface area contributed by atoms with Gasteiger partial charge in [-0.25, -0.2) is 0 Å². The average molecular weight is 181 g/mol. The number of nitrogens with zero attached hydrogens (tertiary/aromatic N) is 1. The molecule has 0 saturated carbocycles. The van der Waals surface area contributed by atoms with Gasteiger partial charge in [-0.3, -0.25) is 9.89 Å².